The summed E-state index contributed by atoms with van der Waals surface area (Å²) in [6.45, 7) is 2.31. The molecular formula is C26H25N5. The van der Waals surface area contributed by atoms with Crippen LogP contribution in [0.2, 0.25) is 0 Å². The molecular weight excluding hydrogens is 382 g/mol. The van der Waals surface area contributed by atoms with Crippen LogP contribution in [0.4, 0.5) is 5.82 Å². The van der Waals surface area contributed by atoms with Crippen molar-refractivity contribution in [2.75, 3.05) is 5.73 Å². The van der Waals surface area contributed by atoms with Crippen LogP contribution in [-0.4, -0.2) is 19.4 Å². The molecule has 0 aliphatic heterocycles. The molecule has 0 unspecified atom stereocenters. The molecule has 5 aromatic rings. The number of hydrogen-bond donors (Lipinski definition) is 1. The van der Waals surface area contributed by atoms with Gasteiger partial charge in [-0.25, -0.2) is 15.0 Å². The third-order valence-corrected chi connectivity index (χ3v) is 5.91. The monoisotopic (exact) mass is 407 g/mol. The van der Waals surface area contributed by atoms with Gasteiger partial charge in [0, 0.05) is 28.9 Å². The van der Waals surface area contributed by atoms with Crippen LogP contribution in [-0.2, 0) is 0 Å². The lowest BCUT2D eigenvalue weighted by Gasteiger charge is -2.18. The van der Waals surface area contributed by atoms with Crippen molar-refractivity contribution < 1.29 is 0 Å². The second kappa shape index (κ2) is 8.19. The van der Waals surface area contributed by atoms with Crippen LogP contribution in [0.3, 0.4) is 0 Å². The van der Waals surface area contributed by atoms with E-state index in [4.69, 9.17) is 10.7 Å². The minimum Gasteiger partial charge on any atom is -0.382 e. The number of fused-ring (bicyclic) bond motifs is 2. The van der Waals surface area contributed by atoms with Gasteiger partial charge in [-0.15, -0.1) is 0 Å². The Balaban J connectivity index is 0.000000361. The highest BCUT2D eigenvalue weighted by Crippen LogP contribution is 2.29. The van der Waals surface area contributed by atoms with Gasteiger partial charge in [0.15, 0.2) is 0 Å². The molecule has 1 aliphatic carbocycles. The first-order valence-corrected chi connectivity index (χ1v) is 10.7. The van der Waals surface area contributed by atoms with Gasteiger partial charge in [-0.1, -0.05) is 74.7 Å². The maximum absolute atomic E-state index is 6.06. The van der Waals surface area contributed by atoms with Crippen molar-refractivity contribution in [3.8, 4) is 22.5 Å². The SMILES string of the molecule is CC1CCC1.Nc1nccn2cnc(-c3ccc4ccc(-c5ccccc5)nc4c3)c12. The molecule has 0 radical (unpaired) electrons. The van der Waals surface area contributed by atoms with Gasteiger partial charge < -0.3 is 10.1 Å². The Bertz CT molecular complexity index is 1340. The molecule has 0 amide bonds. The zero-order valence-corrected chi connectivity index (χ0v) is 17.6. The van der Waals surface area contributed by atoms with E-state index in [-0.39, 0.29) is 0 Å². The topological polar surface area (TPSA) is 69.1 Å². The fourth-order valence-electron chi connectivity index (χ4n) is 3.83. The summed E-state index contributed by atoms with van der Waals surface area (Å²) in [4.78, 5) is 13.5. The van der Waals surface area contributed by atoms with Crippen LogP contribution < -0.4 is 5.73 Å². The Morgan fingerprint density at radius 1 is 0.935 bits per heavy atom. The van der Waals surface area contributed by atoms with Crippen molar-refractivity contribution >= 4 is 22.2 Å². The van der Waals surface area contributed by atoms with Crippen molar-refractivity contribution in [2.45, 2.75) is 26.2 Å². The summed E-state index contributed by atoms with van der Waals surface area (Å²) in [5.41, 5.74) is 11.6. The molecule has 2 N–H and O–H groups in total. The summed E-state index contributed by atoms with van der Waals surface area (Å²) in [5.74, 6) is 1.53. The predicted molar refractivity (Wildman–Crippen MR) is 127 cm³/mol. The molecule has 5 heteroatoms. The summed E-state index contributed by atoms with van der Waals surface area (Å²) >= 11 is 0. The Kier molecular flexibility index (Phi) is 5.08. The van der Waals surface area contributed by atoms with E-state index in [1.807, 2.05) is 40.9 Å². The zero-order valence-electron chi connectivity index (χ0n) is 17.6. The van der Waals surface area contributed by atoms with Gasteiger partial charge in [0.1, 0.15) is 17.7 Å². The number of hydrogen-bond acceptors (Lipinski definition) is 4. The smallest absolute Gasteiger partial charge is 0.150 e. The van der Waals surface area contributed by atoms with E-state index in [9.17, 15) is 0 Å². The summed E-state index contributed by atoms with van der Waals surface area (Å²) < 4.78 is 1.88. The minimum absolute atomic E-state index is 0.464. The van der Waals surface area contributed by atoms with Gasteiger partial charge in [-0.05, 0) is 18.1 Å². The zero-order chi connectivity index (χ0) is 21.2. The molecule has 0 saturated heterocycles. The number of aromatic nitrogens is 4. The summed E-state index contributed by atoms with van der Waals surface area (Å²) in [6.07, 6.45) is 9.72. The van der Waals surface area contributed by atoms with Gasteiger partial charge in [0.05, 0.1) is 16.9 Å². The van der Waals surface area contributed by atoms with Crippen molar-refractivity contribution in [3.05, 3.63) is 79.4 Å². The average molecular weight is 408 g/mol. The largest absolute Gasteiger partial charge is 0.382 e. The molecule has 1 aliphatic rings. The van der Waals surface area contributed by atoms with Crippen molar-refractivity contribution in [3.63, 3.8) is 0 Å². The minimum atomic E-state index is 0.464. The van der Waals surface area contributed by atoms with E-state index in [1.54, 1.807) is 12.5 Å². The molecule has 0 spiro atoms. The molecule has 5 nitrogen and oxygen atoms in total. The standard InChI is InChI=1S/C21H15N5.C5H10/c22-21-20-19(24-13-26(20)11-10-23-21)16-7-6-15-8-9-17(25-18(15)12-16)14-4-2-1-3-5-14;1-5-3-2-4-5/h1-13H,(H2,22,23);5H,2-4H2,1H3. The highest BCUT2D eigenvalue weighted by molar-refractivity contribution is 5.91. The molecule has 3 heterocycles. The van der Waals surface area contributed by atoms with E-state index >= 15 is 0 Å². The third-order valence-electron chi connectivity index (χ3n) is 5.91. The number of nitrogens with two attached hydrogens (primary N) is 1. The number of benzene rings is 2. The van der Waals surface area contributed by atoms with E-state index in [2.05, 4.69) is 47.2 Å². The van der Waals surface area contributed by atoms with Crippen LogP contribution in [0.1, 0.15) is 26.2 Å². The van der Waals surface area contributed by atoms with Crippen LogP contribution in [0.25, 0.3) is 38.9 Å². The molecule has 31 heavy (non-hydrogen) atoms. The molecule has 1 saturated carbocycles. The Morgan fingerprint density at radius 3 is 2.45 bits per heavy atom. The number of anilines is 1. The lowest BCUT2D eigenvalue weighted by Crippen LogP contribution is -2.04. The van der Waals surface area contributed by atoms with Crippen LogP contribution >= 0.6 is 0 Å². The first-order chi connectivity index (χ1) is 15.2. The van der Waals surface area contributed by atoms with Gasteiger partial charge in [-0.2, -0.15) is 0 Å². The normalized spacial score (nSPS) is 13.6. The van der Waals surface area contributed by atoms with Crippen LogP contribution in [0, 0.1) is 5.92 Å². The molecule has 0 atom stereocenters. The van der Waals surface area contributed by atoms with Crippen molar-refractivity contribution in [2.24, 2.45) is 5.92 Å². The lowest BCUT2D eigenvalue weighted by atomic mass is 9.88. The first-order valence-electron chi connectivity index (χ1n) is 10.7. The number of imidazole rings is 1. The number of nitrogen functional groups attached to an aromatic ring is 1. The molecule has 1 fully saturated rings. The fraction of sp³-hybridized carbons (Fsp3) is 0.192. The summed E-state index contributed by atoms with van der Waals surface area (Å²) in [6, 6.07) is 20.5. The van der Waals surface area contributed by atoms with Crippen molar-refractivity contribution in [1.29, 1.82) is 0 Å². The maximum atomic E-state index is 6.06. The second-order valence-corrected chi connectivity index (χ2v) is 8.17. The number of pyridine rings is 1. The van der Waals surface area contributed by atoms with E-state index < -0.39 is 0 Å². The Labute approximate surface area is 181 Å². The van der Waals surface area contributed by atoms with E-state index in [0.29, 0.717) is 5.82 Å². The summed E-state index contributed by atoms with van der Waals surface area (Å²) in [5, 5.41) is 1.09. The Hall–Kier alpha value is -3.73. The van der Waals surface area contributed by atoms with Gasteiger partial charge in [0.25, 0.3) is 0 Å². The van der Waals surface area contributed by atoms with Crippen LogP contribution in [0.15, 0.2) is 79.4 Å². The van der Waals surface area contributed by atoms with Crippen molar-refractivity contribution in [1.82, 2.24) is 19.4 Å². The predicted octanol–water partition coefficient (Wildman–Crippen LogP) is 6.00. The van der Waals surface area contributed by atoms with Gasteiger partial charge in [0.2, 0.25) is 0 Å². The number of nitrogens with zero attached hydrogens (tertiary/aromatic N) is 4. The third kappa shape index (κ3) is 3.87. The molecule has 154 valence electrons. The molecule has 3 aromatic heterocycles. The number of rotatable bonds is 2. The highest BCUT2D eigenvalue weighted by atomic mass is 15.0. The molecule has 6 rings (SSSR count). The average Bonchev–Trinajstić information content (AvgIpc) is 3.24. The quantitative estimate of drug-likeness (QED) is 0.390. The van der Waals surface area contributed by atoms with Gasteiger partial charge in [-0.3, -0.25) is 0 Å². The Morgan fingerprint density at radius 2 is 1.71 bits per heavy atom. The fourth-order valence-corrected chi connectivity index (χ4v) is 3.83. The highest BCUT2D eigenvalue weighted by Gasteiger charge is 2.12. The van der Waals surface area contributed by atoms with E-state index in [1.165, 1.54) is 19.3 Å². The van der Waals surface area contributed by atoms with Crippen LogP contribution in [0.5, 0.6) is 0 Å². The first kappa shape index (κ1) is 19.2. The summed E-state index contributed by atoms with van der Waals surface area (Å²) in [7, 11) is 0. The van der Waals surface area contributed by atoms with Gasteiger partial charge >= 0.3 is 0 Å². The maximum Gasteiger partial charge on any atom is 0.150 e. The van der Waals surface area contributed by atoms with E-state index in [0.717, 1.165) is 44.9 Å². The molecule has 2 aromatic carbocycles. The lowest BCUT2D eigenvalue weighted by molar-refractivity contribution is 0.346. The second-order valence-electron chi connectivity index (χ2n) is 8.17. The molecule has 0 bridgehead atoms.